The minimum absolute atomic E-state index is 0.263. The number of hydrogen-bond acceptors (Lipinski definition) is 3. The van der Waals surface area contributed by atoms with Crippen molar-refractivity contribution in [3.63, 3.8) is 0 Å². The molecular formula is C15H14FNO2S. The van der Waals surface area contributed by atoms with E-state index in [0.29, 0.717) is 5.56 Å². The molecule has 0 radical (unpaired) electrons. The van der Waals surface area contributed by atoms with Crippen molar-refractivity contribution in [2.45, 2.75) is 22.1 Å². The molecule has 0 heterocycles. The first-order chi connectivity index (χ1) is 9.51. The van der Waals surface area contributed by atoms with Crippen molar-refractivity contribution >= 4 is 9.84 Å². The van der Waals surface area contributed by atoms with Crippen LogP contribution >= 0.6 is 0 Å². The third-order valence-electron chi connectivity index (χ3n) is 3.67. The number of sulfone groups is 1. The van der Waals surface area contributed by atoms with Crippen LogP contribution in [0.25, 0.3) is 0 Å². The fourth-order valence-electron chi connectivity index (χ4n) is 2.60. The van der Waals surface area contributed by atoms with Crippen molar-refractivity contribution in [3.05, 3.63) is 66.0 Å². The van der Waals surface area contributed by atoms with E-state index in [9.17, 15) is 12.8 Å². The molecule has 0 saturated heterocycles. The molecule has 3 rings (SSSR count). The van der Waals surface area contributed by atoms with Crippen LogP contribution < -0.4 is 5.73 Å². The Morgan fingerprint density at radius 1 is 1.00 bits per heavy atom. The molecule has 3 nitrogen and oxygen atoms in total. The van der Waals surface area contributed by atoms with Crippen LogP contribution in [0.2, 0.25) is 0 Å². The average Bonchev–Trinajstić information content (AvgIpc) is 3.12. The van der Waals surface area contributed by atoms with Gasteiger partial charge in [0.2, 0.25) is 0 Å². The summed E-state index contributed by atoms with van der Waals surface area (Å²) < 4.78 is 38.2. The SMILES string of the molecule is NC1C(c2cccc(F)c2)C1S(=O)(=O)c1ccccc1. The molecule has 1 aliphatic rings. The van der Waals surface area contributed by atoms with E-state index in [2.05, 4.69) is 0 Å². The summed E-state index contributed by atoms with van der Waals surface area (Å²) in [5.41, 5.74) is 6.56. The number of halogens is 1. The molecule has 0 aromatic heterocycles. The van der Waals surface area contributed by atoms with Crippen molar-refractivity contribution in [1.82, 2.24) is 0 Å². The van der Waals surface area contributed by atoms with Crippen LogP contribution in [0.3, 0.4) is 0 Å². The zero-order valence-electron chi connectivity index (χ0n) is 10.6. The molecule has 1 fully saturated rings. The number of nitrogens with two attached hydrogens (primary N) is 1. The molecule has 1 saturated carbocycles. The van der Waals surface area contributed by atoms with Gasteiger partial charge in [-0.2, -0.15) is 0 Å². The summed E-state index contributed by atoms with van der Waals surface area (Å²) in [7, 11) is -3.47. The Kier molecular flexibility index (Phi) is 3.11. The summed E-state index contributed by atoms with van der Waals surface area (Å²) in [5.74, 6) is -0.714. The minimum atomic E-state index is -3.47. The molecule has 2 aromatic rings. The zero-order valence-corrected chi connectivity index (χ0v) is 11.4. The lowest BCUT2D eigenvalue weighted by Crippen LogP contribution is -2.15. The first kappa shape index (κ1) is 13.3. The first-order valence-corrected chi connectivity index (χ1v) is 7.86. The van der Waals surface area contributed by atoms with Gasteiger partial charge >= 0.3 is 0 Å². The Morgan fingerprint density at radius 3 is 2.35 bits per heavy atom. The standard InChI is InChI=1S/C15H14FNO2S/c16-11-6-4-5-10(9-11)13-14(17)15(13)20(18,19)12-7-2-1-3-8-12/h1-9,13-15H,17H2. The molecule has 0 bridgehead atoms. The Morgan fingerprint density at radius 2 is 1.70 bits per heavy atom. The third kappa shape index (κ3) is 2.13. The number of hydrogen-bond donors (Lipinski definition) is 1. The largest absolute Gasteiger partial charge is 0.326 e. The second-order valence-corrected chi connectivity index (χ2v) is 7.09. The smallest absolute Gasteiger partial charge is 0.183 e. The topological polar surface area (TPSA) is 60.2 Å². The molecule has 2 aromatic carbocycles. The first-order valence-electron chi connectivity index (χ1n) is 6.32. The van der Waals surface area contributed by atoms with Gasteiger partial charge in [-0.15, -0.1) is 0 Å². The molecule has 3 unspecified atom stereocenters. The van der Waals surface area contributed by atoms with Crippen LogP contribution in [-0.2, 0) is 9.84 Å². The molecular weight excluding hydrogens is 277 g/mol. The summed E-state index contributed by atoms with van der Waals surface area (Å²) in [6, 6.07) is 13.7. The van der Waals surface area contributed by atoms with E-state index in [-0.39, 0.29) is 16.6 Å². The average molecular weight is 291 g/mol. The van der Waals surface area contributed by atoms with Crippen LogP contribution in [0, 0.1) is 5.82 Å². The second-order valence-electron chi connectivity index (χ2n) is 4.98. The quantitative estimate of drug-likeness (QED) is 0.942. The summed E-state index contributed by atoms with van der Waals surface area (Å²) in [4.78, 5) is 0.263. The summed E-state index contributed by atoms with van der Waals surface area (Å²) in [5, 5.41) is -0.674. The van der Waals surface area contributed by atoms with Gasteiger partial charge in [0, 0.05) is 12.0 Å². The van der Waals surface area contributed by atoms with E-state index in [1.807, 2.05) is 0 Å². The van der Waals surface area contributed by atoms with Crippen LogP contribution in [0.5, 0.6) is 0 Å². The van der Waals surface area contributed by atoms with Crippen molar-refractivity contribution in [1.29, 1.82) is 0 Å². The summed E-state index contributed by atoms with van der Waals surface area (Å²) >= 11 is 0. The normalized spacial score (nSPS) is 25.4. The third-order valence-corrected chi connectivity index (χ3v) is 5.92. The summed E-state index contributed by atoms with van der Waals surface area (Å²) in [6.07, 6.45) is 0. The number of rotatable bonds is 3. The highest BCUT2D eigenvalue weighted by molar-refractivity contribution is 7.92. The molecule has 3 atom stereocenters. The lowest BCUT2D eigenvalue weighted by Gasteiger charge is -2.03. The Bertz CT molecular complexity index is 731. The molecule has 0 aliphatic heterocycles. The number of benzene rings is 2. The van der Waals surface area contributed by atoms with Gasteiger partial charge in [0.15, 0.2) is 9.84 Å². The lowest BCUT2D eigenvalue weighted by atomic mass is 10.1. The molecule has 5 heteroatoms. The van der Waals surface area contributed by atoms with Gasteiger partial charge in [0.25, 0.3) is 0 Å². The lowest BCUT2D eigenvalue weighted by molar-refractivity contribution is 0.593. The van der Waals surface area contributed by atoms with Gasteiger partial charge in [-0.1, -0.05) is 30.3 Å². The second kappa shape index (κ2) is 4.68. The molecule has 1 aliphatic carbocycles. The highest BCUT2D eigenvalue weighted by Gasteiger charge is 2.57. The van der Waals surface area contributed by atoms with Gasteiger partial charge in [-0.05, 0) is 29.8 Å². The van der Waals surface area contributed by atoms with Crippen molar-refractivity contribution < 1.29 is 12.8 Å². The van der Waals surface area contributed by atoms with E-state index in [1.165, 1.54) is 12.1 Å². The molecule has 2 N–H and O–H groups in total. The van der Waals surface area contributed by atoms with E-state index in [0.717, 1.165) is 0 Å². The fourth-order valence-corrected chi connectivity index (χ4v) is 4.67. The fraction of sp³-hybridized carbons (Fsp3) is 0.200. The minimum Gasteiger partial charge on any atom is -0.326 e. The highest BCUT2D eigenvalue weighted by Crippen LogP contribution is 2.47. The molecule has 0 amide bonds. The van der Waals surface area contributed by atoms with Gasteiger partial charge in [-0.3, -0.25) is 0 Å². The molecule has 104 valence electrons. The van der Waals surface area contributed by atoms with Gasteiger partial charge in [-0.25, -0.2) is 12.8 Å². The maximum atomic E-state index is 13.2. The van der Waals surface area contributed by atoms with E-state index >= 15 is 0 Å². The molecule has 20 heavy (non-hydrogen) atoms. The van der Waals surface area contributed by atoms with Crippen molar-refractivity contribution in [3.8, 4) is 0 Å². The predicted molar refractivity (Wildman–Crippen MR) is 74.5 cm³/mol. The Labute approximate surface area is 117 Å². The Balaban J connectivity index is 1.94. The maximum absolute atomic E-state index is 13.2. The Hall–Kier alpha value is -1.72. The van der Waals surface area contributed by atoms with Gasteiger partial charge in [0.1, 0.15) is 5.82 Å². The molecule has 0 spiro atoms. The van der Waals surface area contributed by atoms with E-state index in [1.54, 1.807) is 42.5 Å². The highest BCUT2D eigenvalue weighted by atomic mass is 32.2. The van der Waals surface area contributed by atoms with Crippen molar-refractivity contribution in [2.75, 3.05) is 0 Å². The summed E-state index contributed by atoms with van der Waals surface area (Å²) in [6.45, 7) is 0. The van der Waals surface area contributed by atoms with E-state index < -0.39 is 21.1 Å². The zero-order chi connectivity index (χ0) is 14.3. The maximum Gasteiger partial charge on any atom is 0.183 e. The predicted octanol–water partition coefficient (Wildman–Crippen LogP) is 2.09. The van der Waals surface area contributed by atoms with Crippen LogP contribution in [0.15, 0.2) is 59.5 Å². The van der Waals surface area contributed by atoms with Crippen LogP contribution in [0.1, 0.15) is 11.5 Å². The van der Waals surface area contributed by atoms with Crippen LogP contribution in [0.4, 0.5) is 4.39 Å². The van der Waals surface area contributed by atoms with Gasteiger partial charge < -0.3 is 5.73 Å². The van der Waals surface area contributed by atoms with E-state index in [4.69, 9.17) is 5.73 Å². The van der Waals surface area contributed by atoms with Crippen LogP contribution in [-0.4, -0.2) is 19.7 Å². The monoisotopic (exact) mass is 291 g/mol. The van der Waals surface area contributed by atoms with Gasteiger partial charge in [0.05, 0.1) is 10.1 Å². The van der Waals surface area contributed by atoms with Crippen molar-refractivity contribution in [2.24, 2.45) is 5.73 Å².